The quantitative estimate of drug-likeness (QED) is 0.602. The number of rotatable bonds is 6. The number of fused-ring (bicyclic) bond motifs is 1. The molecule has 0 radical (unpaired) electrons. The molecule has 5 rings (SSSR count). The number of hydrogen-bond acceptors (Lipinski definition) is 7. The summed E-state index contributed by atoms with van der Waals surface area (Å²) >= 11 is 0. The number of methoxy groups -OCH3 is 2. The maximum Gasteiger partial charge on any atom is 0.260 e. The largest absolute Gasteiger partial charge is 0.493 e. The van der Waals surface area contributed by atoms with Gasteiger partial charge in [-0.3, -0.25) is 9.69 Å². The number of benzene rings is 1. The fraction of sp³-hybridized carbons (Fsp3) is 0.348. The lowest BCUT2D eigenvalue weighted by Gasteiger charge is -2.32. The van der Waals surface area contributed by atoms with Gasteiger partial charge in [0, 0.05) is 24.2 Å². The summed E-state index contributed by atoms with van der Waals surface area (Å²) in [4.78, 5) is 32.8. The fourth-order valence-electron chi connectivity index (χ4n) is 4.31. The third-order valence-electron chi connectivity index (χ3n) is 6.11. The van der Waals surface area contributed by atoms with Crippen molar-refractivity contribution in [3.8, 4) is 23.1 Å². The molecule has 1 unspecified atom stereocenters. The molecule has 0 saturated heterocycles. The summed E-state index contributed by atoms with van der Waals surface area (Å²) < 4.78 is 10.9. The van der Waals surface area contributed by atoms with Gasteiger partial charge < -0.3 is 9.47 Å². The van der Waals surface area contributed by atoms with E-state index < -0.39 is 0 Å². The van der Waals surface area contributed by atoms with Crippen molar-refractivity contribution < 1.29 is 14.3 Å². The molecule has 1 aliphatic carbocycles. The van der Waals surface area contributed by atoms with Crippen LogP contribution in [0.1, 0.15) is 47.6 Å². The van der Waals surface area contributed by atoms with Crippen LogP contribution < -0.4 is 14.4 Å². The van der Waals surface area contributed by atoms with Gasteiger partial charge in [0.05, 0.1) is 20.3 Å². The monoisotopic (exact) mass is 417 g/mol. The third kappa shape index (κ3) is 3.37. The number of ether oxygens (including phenoxy) is 2. The first-order valence-corrected chi connectivity index (χ1v) is 10.4. The van der Waals surface area contributed by atoms with Crippen molar-refractivity contribution in [2.45, 2.75) is 31.7 Å². The lowest BCUT2D eigenvalue weighted by molar-refractivity contribution is 0.0985. The molecule has 1 fully saturated rings. The highest BCUT2D eigenvalue weighted by Crippen LogP contribution is 2.47. The highest BCUT2D eigenvalue weighted by atomic mass is 16.5. The highest BCUT2D eigenvalue weighted by Gasteiger charge is 2.41. The van der Waals surface area contributed by atoms with E-state index in [0.29, 0.717) is 40.4 Å². The molecular weight excluding hydrogens is 394 g/mol. The molecule has 2 aliphatic rings. The van der Waals surface area contributed by atoms with Gasteiger partial charge in [-0.1, -0.05) is 19.3 Å². The van der Waals surface area contributed by atoms with Gasteiger partial charge >= 0.3 is 0 Å². The first-order valence-electron chi connectivity index (χ1n) is 10.4. The van der Waals surface area contributed by atoms with E-state index in [1.807, 2.05) is 6.07 Å². The molecule has 3 aromatic rings. The second-order valence-electron chi connectivity index (χ2n) is 7.83. The Morgan fingerprint density at radius 2 is 1.71 bits per heavy atom. The Morgan fingerprint density at radius 3 is 2.39 bits per heavy atom. The van der Waals surface area contributed by atoms with Gasteiger partial charge in [-0.2, -0.15) is 0 Å². The van der Waals surface area contributed by atoms with Gasteiger partial charge in [-0.15, -0.1) is 0 Å². The second-order valence-corrected chi connectivity index (χ2v) is 7.83. The average molecular weight is 417 g/mol. The predicted octanol–water partition coefficient (Wildman–Crippen LogP) is 3.84. The highest BCUT2D eigenvalue weighted by molar-refractivity contribution is 6.11. The van der Waals surface area contributed by atoms with E-state index in [0.717, 1.165) is 12.0 Å². The zero-order valence-corrected chi connectivity index (χ0v) is 17.5. The smallest absolute Gasteiger partial charge is 0.260 e. The number of anilines is 1. The van der Waals surface area contributed by atoms with E-state index in [-0.39, 0.29) is 11.9 Å². The average Bonchev–Trinajstić information content (AvgIpc) is 3.06. The topological polar surface area (TPSA) is 90.3 Å². The minimum absolute atomic E-state index is 0.0982. The number of nitrogens with zero attached hydrogens (tertiary/aromatic N) is 5. The number of aromatic nitrogens is 4. The summed E-state index contributed by atoms with van der Waals surface area (Å²) in [5, 5.41) is 0. The van der Waals surface area contributed by atoms with Crippen molar-refractivity contribution in [2.75, 3.05) is 19.1 Å². The van der Waals surface area contributed by atoms with Crippen LogP contribution in [0.3, 0.4) is 0 Å². The SMILES string of the molecule is COc1cc2c(cc1OC)C(CC1CCC1)N(c1ccnc(-c3ncccn3)n1)C2=O. The molecule has 1 atom stereocenters. The van der Waals surface area contributed by atoms with Crippen molar-refractivity contribution in [1.82, 2.24) is 19.9 Å². The van der Waals surface area contributed by atoms with Crippen LogP contribution >= 0.6 is 0 Å². The maximum absolute atomic E-state index is 13.5. The van der Waals surface area contributed by atoms with Crippen LogP contribution in [0, 0.1) is 5.92 Å². The summed E-state index contributed by atoms with van der Waals surface area (Å²) in [7, 11) is 3.18. The predicted molar refractivity (Wildman–Crippen MR) is 114 cm³/mol. The molecule has 1 aromatic carbocycles. The first-order chi connectivity index (χ1) is 15.2. The molecule has 3 heterocycles. The molecule has 8 heteroatoms. The molecule has 1 aliphatic heterocycles. The van der Waals surface area contributed by atoms with Crippen LogP contribution in [0.4, 0.5) is 5.82 Å². The molecule has 0 spiro atoms. The van der Waals surface area contributed by atoms with Gasteiger partial charge in [0.1, 0.15) is 5.82 Å². The van der Waals surface area contributed by atoms with Crippen LogP contribution in [0.25, 0.3) is 11.6 Å². The normalized spacial score (nSPS) is 17.9. The lowest BCUT2D eigenvalue weighted by atomic mass is 9.79. The fourth-order valence-corrected chi connectivity index (χ4v) is 4.31. The summed E-state index contributed by atoms with van der Waals surface area (Å²) in [6, 6.07) is 7.08. The van der Waals surface area contributed by atoms with Crippen molar-refractivity contribution in [2.24, 2.45) is 5.92 Å². The Morgan fingerprint density at radius 1 is 1.00 bits per heavy atom. The van der Waals surface area contributed by atoms with Crippen molar-refractivity contribution >= 4 is 11.7 Å². The Bertz CT molecular complexity index is 1120. The minimum Gasteiger partial charge on any atom is -0.493 e. The number of amides is 1. The Balaban J connectivity index is 1.59. The summed E-state index contributed by atoms with van der Waals surface area (Å²) in [5.74, 6) is 3.01. The van der Waals surface area contributed by atoms with E-state index >= 15 is 0 Å². The molecule has 0 N–H and O–H groups in total. The van der Waals surface area contributed by atoms with Crippen LogP contribution in [0.15, 0.2) is 42.9 Å². The molecule has 1 amide bonds. The van der Waals surface area contributed by atoms with E-state index in [1.54, 1.807) is 55.9 Å². The van der Waals surface area contributed by atoms with Gasteiger partial charge in [-0.25, -0.2) is 19.9 Å². The van der Waals surface area contributed by atoms with Crippen molar-refractivity contribution in [3.63, 3.8) is 0 Å². The van der Waals surface area contributed by atoms with E-state index in [9.17, 15) is 4.79 Å². The standard InChI is InChI=1S/C23H23N5O3/c1-30-18-12-15-16(13-19(18)31-2)23(29)28(17(15)11-14-5-3-6-14)20-7-10-26-22(27-20)21-24-8-4-9-25-21/h4,7-10,12-14,17H,3,5-6,11H2,1-2H3. The van der Waals surface area contributed by atoms with Crippen LogP contribution in [-0.2, 0) is 0 Å². The van der Waals surface area contributed by atoms with Crippen LogP contribution in [0.2, 0.25) is 0 Å². The Hall–Kier alpha value is -3.55. The zero-order valence-electron chi connectivity index (χ0n) is 17.5. The molecule has 8 nitrogen and oxygen atoms in total. The Kier molecular flexibility index (Phi) is 4.97. The van der Waals surface area contributed by atoms with Gasteiger partial charge in [0.15, 0.2) is 23.1 Å². The lowest BCUT2D eigenvalue weighted by Crippen LogP contribution is -2.31. The summed E-state index contributed by atoms with van der Waals surface area (Å²) in [6.07, 6.45) is 9.44. The number of carbonyl (C=O) groups excluding carboxylic acids is 1. The second kappa shape index (κ2) is 7.94. The number of hydrogen-bond donors (Lipinski definition) is 0. The van der Waals surface area contributed by atoms with Gasteiger partial charge in [-0.05, 0) is 42.2 Å². The Labute approximate surface area is 180 Å². The molecule has 1 saturated carbocycles. The molecule has 31 heavy (non-hydrogen) atoms. The minimum atomic E-state index is -0.118. The summed E-state index contributed by atoms with van der Waals surface area (Å²) in [6.45, 7) is 0. The third-order valence-corrected chi connectivity index (χ3v) is 6.11. The number of carbonyl (C=O) groups is 1. The summed E-state index contributed by atoms with van der Waals surface area (Å²) in [5.41, 5.74) is 1.57. The molecule has 2 aromatic heterocycles. The maximum atomic E-state index is 13.5. The molecule has 158 valence electrons. The van der Waals surface area contributed by atoms with Crippen LogP contribution in [-0.4, -0.2) is 40.1 Å². The van der Waals surface area contributed by atoms with E-state index in [2.05, 4.69) is 19.9 Å². The first kappa shape index (κ1) is 19.4. The molecule has 0 bridgehead atoms. The zero-order chi connectivity index (χ0) is 21.4. The van der Waals surface area contributed by atoms with Crippen molar-refractivity contribution in [1.29, 1.82) is 0 Å². The van der Waals surface area contributed by atoms with Crippen LogP contribution in [0.5, 0.6) is 11.5 Å². The molecular formula is C23H23N5O3. The van der Waals surface area contributed by atoms with Crippen molar-refractivity contribution in [3.05, 3.63) is 54.0 Å². The van der Waals surface area contributed by atoms with E-state index in [4.69, 9.17) is 9.47 Å². The van der Waals surface area contributed by atoms with Gasteiger partial charge in [0.25, 0.3) is 5.91 Å². The van der Waals surface area contributed by atoms with E-state index in [1.165, 1.54) is 19.3 Å². The van der Waals surface area contributed by atoms with Gasteiger partial charge in [0.2, 0.25) is 0 Å².